The lowest BCUT2D eigenvalue weighted by atomic mass is 10.2. The van der Waals surface area contributed by atoms with Gasteiger partial charge in [-0.3, -0.25) is 4.79 Å². The van der Waals surface area contributed by atoms with Crippen molar-refractivity contribution in [2.24, 2.45) is 0 Å². The van der Waals surface area contributed by atoms with Gasteiger partial charge in [-0.1, -0.05) is 0 Å². The molecule has 0 fully saturated rings. The summed E-state index contributed by atoms with van der Waals surface area (Å²) in [5, 5.41) is 1.22. The van der Waals surface area contributed by atoms with Crippen LogP contribution in [0.5, 0.6) is 0 Å². The molecule has 92 valence electrons. The van der Waals surface area contributed by atoms with Crippen molar-refractivity contribution in [3.05, 3.63) is 30.5 Å². The molecule has 0 saturated heterocycles. The SMILES string of the molecule is CCOC=O.CCn1ccc2cc(N)ccc21. The molecule has 2 rings (SSSR count). The number of carbonyl (C=O) groups is 1. The number of benzene rings is 1. The fraction of sp³-hybridized carbons (Fsp3) is 0.308. The number of ether oxygens (including phenoxy) is 1. The van der Waals surface area contributed by atoms with E-state index in [1.807, 2.05) is 12.1 Å². The lowest BCUT2D eigenvalue weighted by molar-refractivity contribution is -0.128. The molecule has 0 saturated carbocycles. The van der Waals surface area contributed by atoms with E-state index in [2.05, 4.69) is 34.6 Å². The second kappa shape index (κ2) is 6.58. The Hall–Kier alpha value is -1.97. The second-order valence-electron chi connectivity index (χ2n) is 3.47. The molecule has 0 atom stereocenters. The molecule has 0 bridgehead atoms. The van der Waals surface area contributed by atoms with Crippen molar-refractivity contribution < 1.29 is 9.53 Å². The summed E-state index contributed by atoms with van der Waals surface area (Å²) >= 11 is 0. The minimum atomic E-state index is 0.431. The molecule has 17 heavy (non-hydrogen) atoms. The van der Waals surface area contributed by atoms with E-state index in [0.717, 1.165) is 12.2 Å². The molecule has 2 aromatic rings. The van der Waals surface area contributed by atoms with Crippen LogP contribution in [0.3, 0.4) is 0 Å². The molecule has 0 aliphatic rings. The Kier molecular flexibility index (Phi) is 5.07. The number of fused-ring (bicyclic) bond motifs is 1. The Balaban J connectivity index is 0.000000249. The van der Waals surface area contributed by atoms with E-state index in [9.17, 15) is 4.79 Å². The molecule has 4 nitrogen and oxygen atoms in total. The summed E-state index contributed by atoms with van der Waals surface area (Å²) in [6.07, 6.45) is 2.09. The molecular formula is C13H18N2O2. The van der Waals surface area contributed by atoms with Crippen molar-refractivity contribution >= 4 is 23.1 Å². The van der Waals surface area contributed by atoms with E-state index in [4.69, 9.17) is 5.73 Å². The van der Waals surface area contributed by atoms with Gasteiger partial charge in [0.1, 0.15) is 0 Å². The van der Waals surface area contributed by atoms with E-state index in [1.165, 1.54) is 10.9 Å². The van der Waals surface area contributed by atoms with Crippen LogP contribution in [0, 0.1) is 0 Å². The number of hydrogen-bond acceptors (Lipinski definition) is 3. The van der Waals surface area contributed by atoms with Crippen LogP contribution in [0.2, 0.25) is 0 Å². The quantitative estimate of drug-likeness (QED) is 0.655. The molecule has 0 unspecified atom stereocenters. The maximum atomic E-state index is 9.18. The first-order valence-electron chi connectivity index (χ1n) is 5.62. The predicted octanol–water partition coefficient (Wildman–Crippen LogP) is 2.42. The van der Waals surface area contributed by atoms with Gasteiger partial charge < -0.3 is 15.0 Å². The topological polar surface area (TPSA) is 57.2 Å². The summed E-state index contributed by atoms with van der Waals surface area (Å²) in [5.74, 6) is 0. The van der Waals surface area contributed by atoms with Gasteiger partial charge >= 0.3 is 0 Å². The minimum absolute atomic E-state index is 0.431. The third kappa shape index (κ3) is 3.52. The minimum Gasteiger partial charge on any atom is -0.468 e. The Labute approximate surface area is 101 Å². The van der Waals surface area contributed by atoms with Gasteiger partial charge in [0, 0.05) is 29.3 Å². The highest BCUT2D eigenvalue weighted by Crippen LogP contribution is 2.18. The van der Waals surface area contributed by atoms with Crippen molar-refractivity contribution in [1.29, 1.82) is 0 Å². The van der Waals surface area contributed by atoms with E-state index >= 15 is 0 Å². The predicted molar refractivity (Wildman–Crippen MR) is 69.7 cm³/mol. The van der Waals surface area contributed by atoms with Crippen molar-refractivity contribution in [3.8, 4) is 0 Å². The number of rotatable bonds is 3. The first kappa shape index (κ1) is 13.1. The Morgan fingerprint density at radius 2 is 2.12 bits per heavy atom. The zero-order valence-corrected chi connectivity index (χ0v) is 10.2. The van der Waals surface area contributed by atoms with E-state index in [-0.39, 0.29) is 0 Å². The fourth-order valence-electron chi connectivity index (χ4n) is 1.56. The molecule has 2 N–H and O–H groups in total. The number of anilines is 1. The maximum Gasteiger partial charge on any atom is 0.293 e. The summed E-state index contributed by atoms with van der Waals surface area (Å²) in [4.78, 5) is 9.18. The number of nitrogen functional groups attached to an aromatic ring is 1. The molecule has 0 radical (unpaired) electrons. The fourth-order valence-corrected chi connectivity index (χ4v) is 1.56. The van der Waals surface area contributed by atoms with E-state index < -0.39 is 0 Å². The highest BCUT2D eigenvalue weighted by atomic mass is 16.5. The Bertz CT molecular complexity index is 477. The first-order chi connectivity index (χ1) is 8.22. The molecule has 0 spiro atoms. The van der Waals surface area contributed by atoms with Crippen LogP contribution in [0.4, 0.5) is 5.69 Å². The molecule has 0 amide bonds. The highest BCUT2D eigenvalue weighted by molar-refractivity contribution is 5.83. The van der Waals surface area contributed by atoms with Gasteiger partial charge in [0.15, 0.2) is 0 Å². The molecule has 0 aliphatic heterocycles. The third-order valence-corrected chi connectivity index (χ3v) is 2.37. The summed E-state index contributed by atoms with van der Waals surface area (Å²) < 4.78 is 6.36. The summed E-state index contributed by atoms with van der Waals surface area (Å²) in [7, 11) is 0. The lowest BCUT2D eigenvalue weighted by Crippen LogP contribution is -1.90. The molecule has 1 heterocycles. The Morgan fingerprint density at radius 3 is 2.65 bits per heavy atom. The van der Waals surface area contributed by atoms with Crippen molar-refractivity contribution in [2.75, 3.05) is 12.3 Å². The van der Waals surface area contributed by atoms with Crippen LogP contribution in [0.1, 0.15) is 13.8 Å². The standard InChI is InChI=1S/C10H12N2.C3H6O2/c1-2-12-6-5-8-7-9(11)3-4-10(8)12;1-2-5-3-4/h3-7H,2,11H2,1H3;3H,2H2,1H3. The smallest absolute Gasteiger partial charge is 0.293 e. The molecular weight excluding hydrogens is 216 g/mol. The first-order valence-corrected chi connectivity index (χ1v) is 5.62. The van der Waals surface area contributed by atoms with Crippen molar-refractivity contribution in [1.82, 2.24) is 4.57 Å². The van der Waals surface area contributed by atoms with E-state index in [1.54, 1.807) is 6.92 Å². The zero-order valence-electron chi connectivity index (χ0n) is 10.2. The van der Waals surface area contributed by atoms with Crippen LogP contribution < -0.4 is 5.73 Å². The summed E-state index contributed by atoms with van der Waals surface area (Å²) in [5.41, 5.74) is 7.75. The van der Waals surface area contributed by atoms with Crippen LogP contribution in [0.15, 0.2) is 30.5 Å². The van der Waals surface area contributed by atoms with Gasteiger partial charge in [-0.25, -0.2) is 0 Å². The van der Waals surface area contributed by atoms with Gasteiger partial charge in [0.25, 0.3) is 6.47 Å². The largest absolute Gasteiger partial charge is 0.468 e. The van der Waals surface area contributed by atoms with Crippen molar-refractivity contribution in [2.45, 2.75) is 20.4 Å². The van der Waals surface area contributed by atoms with Crippen LogP contribution >= 0.6 is 0 Å². The van der Waals surface area contributed by atoms with Crippen LogP contribution in [-0.4, -0.2) is 17.6 Å². The Morgan fingerprint density at radius 1 is 1.35 bits per heavy atom. The number of aromatic nitrogens is 1. The molecule has 1 aromatic heterocycles. The van der Waals surface area contributed by atoms with Gasteiger partial charge in [-0.05, 0) is 38.1 Å². The van der Waals surface area contributed by atoms with Gasteiger partial charge in [-0.2, -0.15) is 0 Å². The molecule has 1 aromatic carbocycles. The van der Waals surface area contributed by atoms with Crippen molar-refractivity contribution in [3.63, 3.8) is 0 Å². The summed E-state index contributed by atoms with van der Waals surface area (Å²) in [6.45, 7) is 5.81. The normalized spacial score (nSPS) is 9.53. The molecule has 4 heteroatoms. The molecule has 0 aliphatic carbocycles. The van der Waals surface area contributed by atoms with Crippen LogP contribution in [0.25, 0.3) is 10.9 Å². The lowest BCUT2D eigenvalue weighted by Gasteiger charge is -1.99. The maximum absolute atomic E-state index is 9.18. The summed E-state index contributed by atoms with van der Waals surface area (Å²) in [6, 6.07) is 8.10. The number of carbonyl (C=O) groups excluding carboxylic acids is 1. The average Bonchev–Trinajstić information content (AvgIpc) is 2.73. The highest BCUT2D eigenvalue weighted by Gasteiger charge is 1.97. The zero-order chi connectivity index (χ0) is 12.7. The van der Waals surface area contributed by atoms with Crippen LogP contribution in [-0.2, 0) is 16.1 Å². The monoisotopic (exact) mass is 234 g/mol. The number of nitrogens with zero attached hydrogens (tertiary/aromatic N) is 1. The second-order valence-corrected chi connectivity index (χ2v) is 3.47. The average molecular weight is 234 g/mol. The third-order valence-electron chi connectivity index (χ3n) is 2.37. The van der Waals surface area contributed by atoms with Gasteiger partial charge in [-0.15, -0.1) is 0 Å². The van der Waals surface area contributed by atoms with E-state index in [0.29, 0.717) is 13.1 Å². The van der Waals surface area contributed by atoms with Gasteiger partial charge in [0.2, 0.25) is 0 Å². The number of hydrogen-bond donors (Lipinski definition) is 1. The van der Waals surface area contributed by atoms with Gasteiger partial charge in [0.05, 0.1) is 6.61 Å². The number of nitrogens with two attached hydrogens (primary N) is 1. The number of aryl methyl sites for hydroxylation is 1.